The average molecular weight is 736 g/mol. The highest BCUT2D eigenvalue weighted by Gasteiger charge is 2.27. The zero-order valence-corrected chi connectivity index (χ0v) is 32.8. The summed E-state index contributed by atoms with van der Waals surface area (Å²) in [4.78, 5) is 5.54. The molecule has 0 saturated carbocycles. The Kier molecular flexibility index (Phi) is 8.79. The summed E-state index contributed by atoms with van der Waals surface area (Å²) in [5.74, 6) is 1.29. The Hall–Kier alpha value is -6.71. The normalized spacial score (nSPS) is 13.7. The number of nitrogens with one attached hydrogen (secondary N) is 1. The summed E-state index contributed by atoms with van der Waals surface area (Å²) in [7, 11) is 2.02. The van der Waals surface area contributed by atoms with E-state index in [-0.39, 0.29) is 0 Å². The molecule has 1 heterocycles. The van der Waals surface area contributed by atoms with E-state index in [9.17, 15) is 0 Å². The zero-order chi connectivity index (χ0) is 38.5. The van der Waals surface area contributed by atoms with Gasteiger partial charge in [0.1, 0.15) is 5.84 Å². The van der Waals surface area contributed by atoms with Crippen molar-refractivity contribution >= 4 is 65.7 Å². The summed E-state index contributed by atoms with van der Waals surface area (Å²) >= 11 is 0. The number of amidine groups is 1. The van der Waals surface area contributed by atoms with E-state index in [1.807, 2.05) is 7.05 Å². The predicted octanol–water partition coefficient (Wildman–Crippen LogP) is 13.8. The lowest BCUT2D eigenvalue weighted by Crippen LogP contribution is -2.21. The van der Waals surface area contributed by atoms with Crippen molar-refractivity contribution in [1.82, 2.24) is 9.88 Å². The van der Waals surface area contributed by atoms with Gasteiger partial charge in [-0.2, -0.15) is 0 Å². The molecule has 1 unspecified atom stereocenters. The van der Waals surface area contributed by atoms with Crippen LogP contribution in [0.3, 0.4) is 0 Å². The molecule has 3 nitrogen and oxygen atoms in total. The van der Waals surface area contributed by atoms with E-state index in [4.69, 9.17) is 4.99 Å². The standard InChI is InChI=1S/C54H45N3/c1-4-5-15-35(2)24-29-49(37-17-7-6-8-18-37)56-54(55-3)52-44-22-13-12-21-40(44)30-42-31-41-25-27-43(34-47(41)51(42)52)57-50-33-39-20-10-9-19-38(39)32-48(50)46-28-26-36-16-11-14-23-45(36)53(46)57/h5-23,25-30,32-35H,4,24,31H2,1-3H3,(H,55,56)/b15-5-,49-29-. The number of allylic oxidation sites excluding steroid dienone is 3. The maximum absolute atomic E-state index is 5.54. The minimum atomic E-state index is 0.417. The lowest BCUT2D eigenvalue weighted by atomic mass is 9.92. The molecule has 0 spiro atoms. The van der Waals surface area contributed by atoms with Gasteiger partial charge in [-0.3, -0.25) is 0 Å². The van der Waals surface area contributed by atoms with Gasteiger partial charge in [0.15, 0.2) is 0 Å². The first kappa shape index (κ1) is 34.8. The van der Waals surface area contributed by atoms with Crippen LogP contribution in [0.25, 0.3) is 76.6 Å². The van der Waals surface area contributed by atoms with Gasteiger partial charge >= 0.3 is 0 Å². The molecular weight excluding hydrogens is 691 g/mol. The maximum Gasteiger partial charge on any atom is 0.134 e. The highest BCUT2D eigenvalue weighted by Crippen LogP contribution is 2.45. The third-order valence-electron chi connectivity index (χ3n) is 11.8. The Morgan fingerprint density at radius 2 is 1.40 bits per heavy atom. The largest absolute Gasteiger partial charge is 0.373 e. The summed E-state index contributed by atoms with van der Waals surface area (Å²) in [5.41, 5.74) is 12.1. The first-order valence-electron chi connectivity index (χ1n) is 20.3. The number of aliphatic imine (C=N–C) groups is 1. The van der Waals surface area contributed by atoms with E-state index in [1.54, 1.807) is 0 Å². The SMILES string of the molecule is CC/C=C\C(C)C/C=C(\N=C(/NC)c1c2c(cc3ccccc13)Cc1ccc(-n3c4cc5ccccc5cc4c4ccc5ccccc5c43)cc1-2)c1ccccc1. The van der Waals surface area contributed by atoms with Crippen LogP contribution in [0.2, 0.25) is 0 Å². The fourth-order valence-corrected chi connectivity index (χ4v) is 9.06. The Morgan fingerprint density at radius 3 is 2.19 bits per heavy atom. The molecule has 0 aliphatic heterocycles. The van der Waals surface area contributed by atoms with Gasteiger partial charge in [-0.05, 0) is 104 Å². The Balaban J connectivity index is 1.22. The van der Waals surface area contributed by atoms with Crippen molar-refractivity contribution in [2.45, 2.75) is 33.1 Å². The fourth-order valence-electron chi connectivity index (χ4n) is 9.06. The second-order valence-corrected chi connectivity index (χ2v) is 15.5. The third kappa shape index (κ3) is 6.02. The van der Waals surface area contributed by atoms with Crippen molar-refractivity contribution in [2.24, 2.45) is 10.9 Å². The van der Waals surface area contributed by atoms with Crippen molar-refractivity contribution in [2.75, 3.05) is 7.05 Å². The molecule has 1 aromatic heterocycles. The van der Waals surface area contributed by atoms with Gasteiger partial charge < -0.3 is 9.88 Å². The lowest BCUT2D eigenvalue weighted by Gasteiger charge is -2.18. The molecule has 1 N–H and O–H groups in total. The number of hydrogen-bond donors (Lipinski definition) is 1. The predicted molar refractivity (Wildman–Crippen MR) is 245 cm³/mol. The van der Waals surface area contributed by atoms with E-state index in [2.05, 4.69) is 194 Å². The third-order valence-corrected chi connectivity index (χ3v) is 11.8. The molecule has 1 aliphatic rings. The number of nitrogens with zero attached hydrogens (tertiary/aromatic N) is 2. The first-order chi connectivity index (χ1) is 28.1. The molecule has 0 fully saturated rings. The van der Waals surface area contributed by atoms with Crippen LogP contribution in [0.5, 0.6) is 0 Å². The van der Waals surface area contributed by atoms with Crippen LogP contribution in [0.4, 0.5) is 0 Å². The van der Waals surface area contributed by atoms with Crippen LogP contribution >= 0.6 is 0 Å². The van der Waals surface area contributed by atoms with Crippen molar-refractivity contribution in [3.8, 4) is 16.8 Å². The van der Waals surface area contributed by atoms with Crippen molar-refractivity contribution < 1.29 is 0 Å². The molecule has 0 bridgehead atoms. The Morgan fingerprint density at radius 1 is 0.684 bits per heavy atom. The van der Waals surface area contributed by atoms with Crippen LogP contribution in [-0.2, 0) is 6.42 Å². The summed E-state index contributed by atoms with van der Waals surface area (Å²) in [6, 6.07) is 55.8. The lowest BCUT2D eigenvalue weighted by molar-refractivity contribution is 0.741. The van der Waals surface area contributed by atoms with Gasteiger partial charge in [0.25, 0.3) is 0 Å². The number of hydrogen-bond acceptors (Lipinski definition) is 1. The molecule has 0 radical (unpaired) electrons. The van der Waals surface area contributed by atoms with E-state index in [0.29, 0.717) is 5.92 Å². The molecule has 0 saturated heterocycles. The van der Waals surface area contributed by atoms with Gasteiger partial charge in [-0.15, -0.1) is 0 Å². The number of benzene rings is 8. The van der Waals surface area contributed by atoms with Crippen LogP contribution < -0.4 is 5.32 Å². The van der Waals surface area contributed by atoms with Gasteiger partial charge in [-0.1, -0.05) is 159 Å². The van der Waals surface area contributed by atoms with Crippen LogP contribution in [-0.4, -0.2) is 17.5 Å². The second-order valence-electron chi connectivity index (χ2n) is 15.5. The van der Waals surface area contributed by atoms with Gasteiger partial charge in [0.2, 0.25) is 0 Å². The van der Waals surface area contributed by atoms with E-state index in [1.165, 1.54) is 76.4 Å². The summed E-state index contributed by atoms with van der Waals surface area (Å²) in [6.07, 6.45) is 9.72. The summed E-state index contributed by atoms with van der Waals surface area (Å²) in [5, 5.41) is 13.6. The van der Waals surface area contributed by atoms with Crippen molar-refractivity contribution in [1.29, 1.82) is 0 Å². The number of aromatic nitrogens is 1. The summed E-state index contributed by atoms with van der Waals surface area (Å²) < 4.78 is 2.51. The van der Waals surface area contributed by atoms with Crippen LogP contribution in [0, 0.1) is 5.92 Å². The van der Waals surface area contributed by atoms with Gasteiger partial charge in [-0.25, -0.2) is 4.99 Å². The molecule has 1 aliphatic carbocycles. The molecule has 57 heavy (non-hydrogen) atoms. The smallest absolute Gasteiger partial charge is 0.134 e. The number of fused-ring (bicyclic) bond motifs is 10. The summed E-state index contributed by atoms with van der Waals surface area (Å²) in [6.45, 7) is 4.47. The molecule has 8 aromatic carbocycles. The topological polar surface area (TPSA) is 29.3 Å². The minimum Gasteiger partial charge on any atom is -0.373 e. The van der Waals surface area contributed by atoms with E-state index < -0.39 is 0 Å². The highest BCUT2D eigenvalue weighted by molar-refractivity contribution is 6.21. The minimum absolute atomic E-state index is 0.417. The second kappa shape index (κ2) is 14.4. The average Bonchev–Trinajstić information content (AvgIpc) is 3.79. The highest BCUT2D eigenvalue weighted by atomic mass is 15.0. The molecular formula is C54H45N3. The Labute approximate surface area is 334 Å². The fraction of sp³-hybridized carbons (Fsp3) is 0.130. The Bertz CT molecular complexity index is 3100. The van der Waals surface area contributed by atoms with Gasteiger partial charge in [0, 0.05) is 34.5 Å². The van der Waals surface area contributed by atoms with Crippen molar-refractivity contribution in [3.05, 3.63) is 192 Å². The molecule has 9 aromatic rings. The van der Waals surface area contributed by atoms with Gasteiger partial charge in [0.05, 0.1) is 16.7 Å². The molecule has 10 rings (SSSR count). The molecule has 3 heteroatoms. The zero-order valence-electron chi connectivity index (χ0n) is 32.8. The molecule has 1 atom stereocenters. The molecule has 276 valence electrons. The molecule has 0 amide bonds. The van der Waals surface area contributed by atoms with Crippen molar-refractivity contribution in [3.63, 3.8) is 0 Å². The van der Waals surface area contributed by atoms with E-state index >= 15 is 0 Å². The quantitative estimate of drug-likeness (QED) is 0.0940. The van der Waals surface area contributed by atoms with Crippen LogP contribution in [0.15, 0.2) is 175 Å². The first-order valence-corrected chi connectivity index (χ1v) is 20.3. The maximum atomic E-state index is 5.54. The van der Waals surface area contributed by atoms with E-state index in [0.717, 1.165) is 47.6 Å². The van der Waals surface area contributed by atoms with Crippen LogP contribution in [0.1, 0.15) is 48.9 Å². The number of rotatable bonds is 8. The monoisotopic (exact) mass is 735 g/mol.